The molecule has 24 heavy (non-hydrogen) atoms. The highest BCUT2D eigenvalue weighted by Gasteiger charge is 2.21. The molecule has 0 saturated heterocycles. The molecule has 2 rings (SSSR count). The van der Waals surface area contributed by atoms with Crippen LogP contribution in [0.25, 0.3) is 6.08 Å². The van der Waals surface area contributed by atoms with Crippen molar-refractivity contribution in [2.45, 2.75) is 31.1 Å². The van der Waals surface area contributed by atoms with E-state index in [1.54, 1.807) is 6.07 Å². The monoisotopic (exact) mass is 359 g/mol. The fourth-order valence-corrected chi connectivity index (χ4v) is 3.43. The first-order valence-electron chi connectivity index (χ1n) is 7.37. The number of sulfone groups is 1. The number of allylic oxidation sites excluding steroid dienone is 1. The molecule has 0 atom stereocenters. The average molecular weight is 360 g/mol. The molecule has 2 aromatic rings. The van der Waals surface area contributed by atoms with E-state index in [1.165, 1.54) is 30.3 Å². The molecule has 0 spiro atoms. The lowest BCUT2D eigenvalue weighted by molar-refractivity contribution is 0.590. The average Bonchev–Trinajstić information content (AvgIpc) is 2.52. The quantitative estimate of drug-likeness (QED) is 0.726. The Morgan fingerprint density at radius 3 is 2.04 bits per heavy atom. The third kappa shape index (κ3) is 4.05. The van der Waals surface area contributed by atoms with Crippen LogP contribution in [0.3, 0.4) is 0 Å². The van der Waals surface area contributed by atoms with Crippen LogP contribution in [-0.4, -0.2) is 8.42 Å². The number of hydrogen-bond acceptors (Lipinski definition) is 3. The van der Waals surface area contributed by atoms with Gasteiger partial charge in [0.15, 0.2) is 0 Å². The minimum Gasteiger partial charge on any atom is -0.218 e. The van der Waals surface area contributed by atoms with Crippen molar-refractivity contribution in [3.05, 3.63) is 69.6 Å². The SMILES string of the molecule is CC(C)(C)c1ccc(/C=C(/C#N)S(=O)(=O)c2ccc(Cl)cc2)cc1. The molecular formula is C19H18ClNO2S. The summed E-state index contributed by atoms with van der Waals surface area (Å²) >= 11 is 5.78. The van der Waals surface area contributed by atoms with Gasteiger partial charge in [0.1, 0.15) is 11.0 Å². The number of halogens is 1. The summed E-state index contributed by atoms with van der Waals surface area (Å²) in [6, 6.07) is 15.1. The van der Waals surface area contributed by atoms with Gasteiger partial charge in [-0.05, 0) is 46.9 Å². The standard InChI is InChI=1S/C19H18ClNO2S/c1-19(2,3)15-6-4-14(5-7-15)12-18(13-21)24(22,23)17-10-8-16(20)9-11-17/h4-12H,1-3H3/b18-12-. The molecule has 0 unspecified atom stereocenters. The smallest absolute Gasteiger partial charge is 0.216 e. The molecule has 0 aromatic heterocycles. The molecule has 0 saturated carbocycles. The first-order chi connectivity index (χ1) is 11.1. The van der Waals surface area contributed by atoms with Crippen molar-refractivity contribution < 1.29 is 8.42 Å². The lowest BCUT2D eigenvalue weighted by Crippen LogP contribution is -2.10. The number of rotatable bonds is 3. The number of nitrogens with zero attached hydrogens (tertiary/aromatic N) is 1. The topological polar surface area (TPSA) is 57.9 Å². The summed E-state index contributed by atoms with van der Waals surface area (Å²) in [5.74, 6) is 0. The molecule has 2 aromatic carbocycles. The minimum atomic E-state index is -3.86. The Labute approximate surface area is 148 Å². The van der Waals surface area contributed by atoms with Crippen LogP contribution < -0.4 is 0 Å². The molecule has 0 aliphatic heterocycles. The molecule has 0 aliphatic rings. The van der Waals surface area contributed by atoms with Crippen molar-refractivity contribution in [2.24, 2.45) is 0 Å². The predicted molar refractivity (Wildman–Crippen MR) is 97.4 cm³/mol. The highest BCUT2D eigenvalue weighted by atomic mass is 35.5. The Bertz CT molecular complexity index is 898. The molecular weight excluding hydrogens is 342 g/mol. The van der Waals surface area contributed by atoms with E-state index in [0.717, 1.165) is 5.56 Å². The summed E-state index contributed by atoms with van der Waals surface area (Å²) in [4.78, 5) is -0.251. The van der Waals surface area contributed by atoms with Crippen molar-refractivity contribution >= 4 is 27.5 Å². The normalized spacial score (nSPS) is 12.7. The van der Waals surface area contributed by atoms with E-state index >= 15 is 0 Å². The van der Waals surface area contributed by atoms with E-state index in [2.05, 4.69) is 20.8 Å². The zero-order valence-electron chi connectivity index (χ0n) is 13.7. The van der Waals surface area contributed by atoms with Gasteiger partial charge < -0.3 is 0 Å². The van der Waals surface area contributed by atoms with Crippen molar-refractivity contribution in [1.82, 2.24) is 0 Å². The zero-order valence-corrected chi connectivity index (χ0v) is 15.3. The predicted octanol–water partition coefficient (Wildman–Crippen LogP) is 4.98. The summed E-state index contributed by atoms with van der Waals surface area (Å²) < 4.78 is 25.1. The highest BCUT2D eigenvalue weighted by molar-refractivity contribution is 7.95. The fourth-order valence-electron chi connectivity index (χ4n) is 2.14. The summed E-state index contributed by atoms with van der Waals surface area (Å²) in [6.07, 6.45) is 1.39. The van der Waals surface area contributed by atoms with Crippen molar-refractivity contribution in [3.63, 3.8) is 0 Å². The first kappa shape index (κ1) is 18.3. The van der Waals surface area contributed by atoms with Gasteiger partial charge in [-0.15, -0.1) is 0 Å². The van der Waals surface area contributed by atoms with Crippen LogP contribution in [0.5, 0.6) is 0 Å². The maximum atomic E-state index is 12.6. The maximum Gasteiger partial charge on any atom is 0.216 e. The second-order valence-electron chi connectivity index (χ2n) is 6.45. The van der Waals surface area contributed by atoms with Crippen LogP contribution in [0.15, 0.2) is 58.3 Å². The largest absolute Gasteiger partial charge is 0.218 e. The van der Waals surface area contributed by atoms with E-state index in [0.29, 0.717) is 10.6 Å². The van der Waals surface area contributed by atoms with Crippen LogP contribution in [0, 0.1) is 11.3 Å². The Hall–Kier alpha value is -2.09. The van der Waals surface area contributed by atoms with E-state index in [-0.39, 0.29) is 15.2 Å². The minimum absolute atomic E-state index is 0.00961. The Kier molecular flexibility index (Phi) is 5.17. The summed E-state index contributed by atoms with van der Waals surface area (Å²) in [6.45, 7) is 6.30. The van der Waals surface area contributed by atoms with Gasteiger partial charge in [0.25, 0.3) is 0 Å². The van der Waals surface area contributed by atoms with Crippen molar-refractivity contribution in [3.8, 4) is 6.07 Å². The Morgan fingerprint density at radius 1 is 1.04 bits per heavy atom. The number of nitriles is 1. The maximum absolute atomic E-state index is 12.6. The van der Waals surface area contributed by atoms with E-state index in [1.807, 2.05) is 24.3 Å². The van der Waals surface area contributed by atoms with E-state index in [9.17, 15) is 13.7 Å². The van der Waals surface area contributed by atoms with Gasteiger partial charge in [-0.2, -0.15) is 5.26 Å². The number of benzene rings is 2. The van der Waals surface area contributed by atoms with Gasteiger partial charge in [-0.25, -0.2) is 8.42 Å². The van der Waals surface area contributed by atoms with Crippen molar-refractivity contribution in [1.29, 1.82) is 5.26 Å². The van der Waals surface area contributed by atoms with Gasteiger partial charge in [0, 0.05) is 5.02 Å². The summed E-state index contributed by atoms with van der Waals surface area (Å²) in [7, 11) is -3.86. The van der Waals surface area contributed by atoms with E-state index in [4.69, 9.17) is 11.6 Å². The van der Waals surface area contributed by atoms with E-state index < -0.39 is 9.84 Å². The van der Waals surface area contributed by atoms with Crippen LogP contribution in [-0.2, 0) is 15.3 Å². The summed E-state index contributed by atoms with van der Waals surface area (Å²) in [5.41, 5.74) is 1.81. The third-order valence-electron chi connectivity index (χ3n) is 3.60. The Morgan fingerprint density at radius 2 is 1.58 bits per heavy atom. The molecule has 3 nitrogen and oxygen atoms in total. The fraction of sp³-hybridized carbons (Fsp3) is 0.211. The molecule has 124 valence electrons. The molecule has 0 bridgehead atoms. The molecule has 0 N–H and O–H groups in total. The second-order valence-corrected chi connectivity index (χ2v) is 8.80. The first-order valence-corrected chi connectivity index (χ1v) is 9.24. The second kappa shape index (κ2) is 6.80. The van der Waals surface area contributed by atoms with Gasteiger partial charge in [0.2, 0.25) is 9.84 Å². The molecule has 0 amide bonds. The van der Waals surface area contributed by atoms with Crippen LogP contribution in [0.2, 0.25) is 5.02 Å². The molecule has 5 heteroatoms. The van der Waals surface area contributed by atoms with Crippen LogP contribution in [0.4, 0.5) is 0 Å². The number of hydrogen-bond donors (Lipinski definition) is 0. The molecule has 0 radical (unpaired) electrons. The van der Waals surface area contributed by atoms with Gasteiger partial charge in [0.05, 0.1) is 4.90 Å². The zero-order chi connectivity index (χ0) is 18.0. The van der Waals surface area contributed by atoms with Gasteiger partial charge in [-0.3, -0.25) is 0 Å². The molecule has 0 fully saturated rings. The van der Waals surface area contributed by atoms with Crippen LogP contribution in [0.1, 0.15) is 31.9 Å². The third-order valence-corrected chi connectivity index (χ3v) is 5.53. The van der Waals surface area contributed by atoms with Gasteiger partial charge >= 0.3 is 0 Å². The highest BCUT2D eigenvalue weighted by Crippen LogP contribution is 2.25. The lowest BCUT2D eigenvalue weighted by atomic mass is 9.87. The van der Waals surface area contributed by atoms with Gasteiger partial charge in [-0.1, -0.05) is 56.6 Å². The lowest BCUT2D eigenvalue weighted by Gasteiger charge is -2.18. The van der Waals surface area contributed by atoms with Crippen molar-refractivity contribution in [2.75, 3.05) is 0 Å². The molecule has 0 aliphatic carbocycles. The van der Waals surface area contributed by atoms with Crippen LogP contribution >= 0.6 is 11.6 Å². The summed E-state index contributed by atoms with van der Waals surface area (Å²) in [5, 5.41) is 9.74. The molecule has 0 heterocycles. The Balaban J connectivity index is 2.42.